The second kappa shape index (κ2) is 5.12. The van der Waals surface area contributed by atoms with Crippen LogP contribution in [0.25, 0.3) is 0 Å². The number of esters is 1. The average molecular weight is 285 g/mol. The number of hydrogen-bond donors (Lipinski definition) is 0. The third kappa shape index (κ3) is 3.01. The molecular weight excluding hydrogens is 270 g/mol. The van der Waals surface area contributed by atoms with E-state index in [1.807, 2.05) is 0 Å². The first kappa shape index (κ1) is 13.7. The van der Waals surface area contributed by atoms with Crippen molar-refractivity contribution in [3.63, 3.8) is 0 Å². The van der Waals surface area contributed by atoms with Crippen molar-refractivity contribution in [1.29, 1.82) is 0 Å². The van der Waals surface area contributed by atoms with E-state index in [2.05, 4.69) is 14.7 Å². The van der Waals surface area contributed by atoms with E-state index in [0.717, 1.165) is 0 Å². The second-order valence-corrected chi connectivity index (χ2v) is 6.59. The van der Waals surface area contributed by atoms with Gasteiger partial charge in [-0.15, -0.1) is 0 Å². The number of hydrogen-bond acceptors (Lipinski definition) is 7. The van der Waals surface area contributed by atoms with Gasteiger partial charge >= 0.3 is 5.97 Å². The fraction of sp³-hybridized carbons (Fsp3) is 0.545. The van der Waals surface area contributed by atoms with Crippen molar-refractivity contribution in [2.24, 2.45) is 0 Å². The number of sulfone groups is 1. The Morgan fingerprint density at radius 2 is 2.00 bits per heavy atom. The molecular formula is C11H15N3O4S. The molecule has 8 heteroatoms. The summed E-state index contributed by atoms with van der Waals surface area (Å²) in [7, 11) is -1.69. The molecule has 0 aromatic carbocycles. The first-order chi connectivity index (χ1) is 8.93. The van der Waals surface area contributed by atoms with E-state index >= 15 is 0 Å². The van der Waals surface area contributed by atoms with Crippen molar-refractivity contribution in [2.75, 3.05) is 36.6 Å². The lowest BCUT2D eigenvalue weighted by molar-refractivity contribution is 0.0600. The zero-order valence-corrected chi connectivity index (χ0v) is 11.6. The molecule has 0 unspecified atom stereocenters. The molecule has 1 saturated heterocycles. The molecule has 2 heterocycles. The largest absolute Gasteiger partial charge is 0.465 e. The van der Waals surface area contributed by atoms with Crippen LogP contribution in [-0.4, -0.2) is 56.1 Å². The van der Waals surface area contributed by atoms with Gasteiger partial charge in [0.05, 0.1) is 18.6 Å². The Balaban J connectivity index is 2.33. The SMILES string of the molecule is COC(=O)c1cnc(C)nc1N1CCS(=O)(=O)CC1. The molecule has 1 aliphatic heterocycles. The quantitative estimate of drug-likeness (QED) is 0.695. The zero-order valence-electron chi connectivity index (χ0n) is 10.8. The number of aryl methyl sites for hydroxylation is 1. The molecule has 1 aliphatic rings. The minimum Gasteiger partial charge on any atom is -0.465 e. The molecule has 0 aliphatic carbocycles. The van der Waals surface area contributed by atoms with Gasteiger partial charge in [0, 0.05) is 19.3 Å². The molecule has 104 valence electrons. The highest BCUT2D eigenvalue weighted by Crippen LogP contribution is 2.20. The minimum absolute atomic E-state index is 0.0661. The number of anilines is 1. The van der Waals surface area contributed by atoms with Crippen LogP contribution < -0.4 is 4.90 Å². The van der Waals surface area contributed by atoms with Gasteiger partial charge in [0.15, 0.2) is 9.84 Å². The summed E-state index contributed by atoms with van der Waals surface area (Å²) in [4.78, 5) is 21.7. The molecule has 0 amide bonds. The summed E-state index contributed by atoms with van der Waals surface area (Å²) in [5.74, 6) is 0.571. The number of carbonyl (C=O) groups is 1. The molecule has 7 nitrogen and oxygen atoms in total. The summed E-state index contributed by atoms with van der Waals surface area (Å²) < 4.78 is 27.5. The second-order valence-electron chi connectivity index (χ2n) is 4.28. The standard InChI is InChI=1S/C11H15N3O4S/c1-8-12-7-9(11(15)18-2)10(13-8)14-3-5-19(16,17)6-4-14/h7H,3-6H2,1-2H3. The summed E-state index contributed by atoms with van der Waals surface area (Å²) >= 11 is 0. The maximum absolute atomic E-state index is 11.7. The van der Waals surface area contributed by atoms with Crippen molar-refractivity contribution in [2.45, 2.75) is 6.92 Å². The van der Waals surface area contributed by atoms with Gasteiger partial charge in [-0.2, -0.15) is 0 Å². The molecule has 0 spiro atoms. The Kier molecular flexibility index (Phi) is 3.70. The van der Waals surface area contributed by atoms with Gasteiger partial charge in [-0.25, -0.2) is 23.2 Å². The molecule has 0 radical (unpaired) electrons. The number of aromatic nitrogens is 2. The monoisotopic (exact) mass is 285 g/mol. The van der Waals surface area contributed by atoms with E-state index in [1.165, 1.54) is 13.3 Å². The molecule has 1 aromatic heterocycles. The van der Waals surface area contributed by atoms with Crippen LogP contribution in [0.3, 0.4) is 0 Å². The molecule has 0 atom stereocenters. The van der Waals surface area contributed by atoms with E-state index in [1.54, 1.807) is 11.8 Å². The Labute approximate surface area is 111 Å². The summed E-state index contributed by atoms with van der Waals surface area (Å²) in [5, 5.41) is 0. The van der Waals surface area contributed by atoms with Crippen molar-refractivity contribution in [3.8, 4) is 0 Å². The van der Waals surface area contributed by atoms with Gasteiger partial charge in [-0.3, -0.25) is 0 Å². The summed E-state index contributed by atoms with van der Waals surface area (Å²) in [6.45, 7) is 2.36. The van der Waals surface area contributed by atoms with Crippen LogP contribution in [-0.2, 0) is 14.6 Å². The zero-order chi connectivity index (χ0) is 14.0. The number of rotatable bonds is 2. The third-order valence-electron chi connectivity index (χ3n) is 2.94. The minimum atomic E-state index is -2.97. The first-order valence-corrected chi connectivity index (χ1v) is 7.62. The van der Waals surface area contributed by atoms with Crippen LogP contribution in [0, 0.1) is 6.92 Å². The number of nitrogens with zero attached hydrogens (tertiary/aromatic N) is 3. The third-order valence-corrected chi connectivity index (χ3v) is 4.55. The van der Waals surface area contributed by atoms with E-state index in [-0.39, 0.29) is 17.1 Å². The van der Waals surface area contributed by atoms with E-state index in [4.69, 9.17) is 0 Å². The Morgan fingerprint density at radius 1 is 1.37 bits per heavy atom. The van der Waals surface area contributed by atoms with Gasteiger partial charge in [-0.1, -0.05) is 0 Å². The van der Waals surface area contributed by atoms with Crippen LogP contribution >= 0.6 is 0 Å². The summed E-state index contributed by atoms with van der Waals surface area (Å²) in [6, 6.07) is 0. The number of ether oxygens (including phenoxy) is 1. The van der Waals surface area contributed by atoms with Gasteiger partial charge in [-0.05, 0) is 6.92 Å². The maximum Gasteiger partial charge on any atom is 0.343 e. The topological polar surface area (TPSA) is 89.5 Å². The highest BCUT2D eigenvalue weighted by Gasteiger charge is 2.26. The lowest BCUT2D eigenvalue weighted by atomic mass is 10.2. The Bertz CT molecular complexity index is 586. The predicted molar refractivity (Wildman–Crippen MR) is 69.0 cm³/mol. The smallest absolute Gasteiger partial charge is 0.343 e. The van der Waals surface area contributed by atoms with E-state index in [0.29, 0.717) is 24.7 Å². The Morgan fingerprint density at radius 3 is 2.58 bits per heavy atom. The van der Waals surface area contributed by atoms with Crippen molar-refractivity contribution in [1.82, 2.24) is 9.97 Å². The normalized spacial score (nSPS) is 18.1. The Hall–Kier alpha value is -1.70. The van der Waals surface area contributed by atoms with Crippen LogP contribution in [0.2, 0.25) is 0 Å². The fourth-order valence-corrected chi connectivity index (χ4v) is 3.08. The maximum atomic E-state index is 11.7. The molecule has 1 aromatic rings. The van der Waals surface area contributed by atoms with Crippen LogP contribution in [0.15, 0.2) is 6.20 Å². The van der Waals surface area contributed by atoms with Crippen molar-refractivity contribution in [3.05, 3.63) is 17.6 Å². The molecule has 19 heavy (non-hydrogen) atoms. The van der Waals surface area contributed by atoms with Gasteiger partial charge in [0.2, 0.25) is 0 Å². The van der Waals surface area contributed by atoms with Crippen LogP contribution in [0.1, 0.15) is 16.2 Å². The lowest BCUT2D eigenvalue weighted by Gasteiger charge is -2.28. The number of carbonyl (C=O) groups excluding carboxylic acids is 1. The predicted octanol–water partition coefficient (Wildman–Crippen LogP) is -0.194. The molecule has 0 bridgehead atoms. The molecule has 0 N–H and O–H groups in total. The highest BCUT2D eigenvalue weighted by molar-refractivity contribution is 7.91. The van der Waals surface area contributed by atoms with Crippen LogP contribution in [0.4, 0.5) is 5.82 Å². The molecule has 1 fully saturated rings. The van der Waals surface area contributed by atoms with Gasteiger partial charge in [0.25, 0.3) is 0 Å². The fourth-order valence-electron chi connectivity index (χ4n) is 1.88. The van der Waals surface area contributed by atoms with E-state index < -0.39 is 15.8 Å². The highest BCUT2D eigenvalue weighted by atomic mass is 32.2. The average Bonchev–Trinajstić information content (AvgIpc) is 2.38. The molecule has 2 rings (SSSR count). The first-order valence-electron chi connectivity index (χ1n) is 5.80. The lowest BCUT2D eigenvalue weighted by Crippen LogP contribution is -2.41. The summed E-state index contributed by atoms with van der Waals surface area (Å²) in [5.41, 5.74) is 0.257. The number of methoxy groups -OCH3 is 1. The molecule has 0 saturated carbocycles. The van der Waals surface area contributed by atoms with Crippen molar-refractivity contribution >= 4 is 21.6 Å². The van der Waals surface area contributed by atoms with E-state index in [9.17, 15) is 13.2 Å². The van der Waals surface area contributed by atoms with Gasteiger partial charge in [0.1, 0.15) is 17.2 Å². The van der Waals surface area contributed by atoms with Crippen LogP contribution in [0.5, 0.6) is 0 Å². The van der Waals surface area contributed by atoms with Gasteiger partial charge < -0.3 is 9.64 Å². The van der Waals surface area contributed by atoms with Crippen molar-refractivity contribution < 1.29 is 17.9 Å². The summed E-state index contributed by atoms with van der Waals surface area (Å²) in [6.07, 6.45) is 1.41.